The standard InChI is InChI=1S/C22H27N5O2S/c1-3-17-7-4-5-8-18(17)23-20(28)15-26-10-12-27(13-11-26)16(2)21-24-25-22(29-21)19-9-6-14-30-19/h4-9,14,16H,3,10-13,15H2,1-2H3,(H,23,28). The Bertz CT molecular complexity index is 964. The highest BCUT2D eigenvalue weighted by Crippen LogP contribution is 2.27. The van der Waals surface area contributed by atoms with Crippen LogP contribution in [-0.4, -0.2) is 58.6 Å². The van der Waals surface area contributed by atoms with Gasteiger partial charge in [-0.05, 0) is 36.4 Å². The lowest BCUT2D eigenvalue weighted by molar-refractivity contribution is -0.117. The van der Waals surface area contributed by atoms with E-state index in [0.29, 0.717) is 18.3 Å². The summed E-state index contributed by atoms with van der Waals surface area (Å²) >= 11 is 1.59. The van der Waals surface area contributed by atoms with Gasteiger partial charge >= 0.3 is 0 Å². The van der Waals surface area contributed by atoms with E-state index in [0.717, 1.165) is 48.7 Å². The maximum atomic E-state index is 12.5. The zero-order chi connectivity index (χ0) is 20.9. The number of piperazine rings is 1. The molecule has 3 heterocycles. The molecule has 0 radical (unpaired) electrons. The van der Waals surface area contributed by atoms with Crippen LogP contribution in [0.2, 0.25) is 0 Å². The van der Waals surface area contributed by atoms with Gasteiger partial charge in [-0.1, -0.05) is 31.2 Å². The van der Waals surface area contributed by atoms with Crippen LogP contribution < -0.4 is 5.32 Å². The summed E-state index contributed by atoms with van der Waals surface area (Å²) in [5.74, 6) is 1.25. The first kappa shape index (κ1) is 20.7. The van der Waals surface area contributed by atoms with E-state index < -0.39 is 0 Å². The van der Waals surface area contributed by atoms with Gasteiger partial charge in [-0.15, -0.1) is 21.5 Å². The fourth-order valence-corrected chi connectivity index (χ4v) is 4.36. The number of carbonyl (C=O) groups excluding carboxylic acids is 1. The number of amides is 1. The van der Waals surface area contributed by atoms with E-state index in [2.05, 4.69) is 45.2 Å². The monoisotopic (exact) mass is 425 g/mol. The first-order chi connectivity index (χ1) is 14.6. The molecule has 1 aliphatic heterocycles. The molecule has 1 unspecified atom stereocenters. The fourth-order valence-electron chi connectivity index (χ4n) is 3.71. The Balaban J connectivity index is 1.28. The molecule has 0 saturated carbocycles. The Morgan fingerprint density at radius 1 is 1.17 bits per heavy atom. The van der Waals surface area contributed by atoms with Crippen LogP contribution in [0, 0.1) is 0 Å². The Hall–Kier alpha value is -2.55. The van der Waals surface area contributed by atoms with Gasteiger partial charge in [-0.3, -0.25) is 14.6 Å². The SMILES string of the molecule is CCc1ccccc1NC(=O)CN1CCN(C(C)c2nnc(-c3cccs3)o2)CC1. The van der Waals surface area contributed by atoms with Crippen molar-refractivity contribution in [2.75, 3.05) is 38.0 Å². The van der Waals surface area contributed by atoms with E-state index >= 15 is 0 Å². The summed E-state index contributed by atoms with van der Waals surface area (Å²) in [6.07, 6.45) is 0.900. The molecule has 1 atom stereocenters. The summed E-state index contributed by atoms with van der Waals surface area (Å²) < 4.78 is 5.89. The van der Waals surface area contributed by atoms with E-state index in [-0.39, 0.29) is 11.9 Å². The summed E-state index contributed by atoms with van der Waals surface area (Å²) in [7, 11) is 0. The summed E-state index contributed by atoms with van der Waals surface area (Å²) in [5.41, 5.74) is 2.07. The van der Waals surface area contributed by atoms with Crippen LogP contribution in [0.15, 0.2) is 46.2 Å². The molecule has 2 aromatic heterocycles. The highest BCUT2D eigenvalue weighted by Gasteiger charge is 2.26. The third-order valence-corrected chi connectivity index (χ3v) is 6.38. The molecule has 1 fully saturated rings. The average Bonchev–Trinajstić information content (AvgIpc) is 3.46. The molecular weight excluding hydrogens is 398 g/mol. The van der Waals surface area contributed by atoms with Crippen molar-refractivity contribution in [1.29, 1.82) is 0 Å². The van der Waals surface area contributed by atoms with Crippen molar-refractivity contribution >= 4 is 22.9 Å². The van der Waals surface area contributed by atoms with Crippen molar-refractivity contribution in [3.63, 3.8) is 0 Å². The number of hydrogen-bond acceptors (Lipinski definition) is 7. The van der Waals surface area contributed by atoms with Crippen molar-refractivity contribution < 1.29 is 9.21 Å². The third-order valence-electron chi connectivity index (χ3n) is 5.52. The topological polar surface area (TPSA) is 74.5 Å². The maximum absolute atomic E-state index is 12.5. The van der Waals surface area contributed by atoms with E-state index in [1.807, 2.05) is 35.7 Å². The predicted molar refractivity (Wildman–Crippen MR) is 118 cm³/mol. The number of aryl methyl sites for hydroxylation is 1. The first-order valence-corrected chi connectivity index (χ1v) is 11.2. The van der Waals surface area contributed by atoms with Gasteiger partial charge in [-0.2, -0.15) is 0 Å². The molecule has 0 bridgehead atoms. The van der Waals surface area contributed by atoms with Crippen LogP contribution in [0.5, 0.6) is 0 Å². The molecule has 0 spiro atoms. The summed E-state index contributed by atoms with van der Waals surface area (Å²) in [5, 5.41) is 13.5. The molecule has 4 rings (SSSR count). The minimum Gasteiger partial charge on any atom is -0.418 e. The second-order valence-corrected chi connectivity index (χ2v) is 8.42. The summed E-state index contributed by atoms with van der Waals surface area (Å²) in [4.78, 5) is 18.0. The van der Waals surface area contributed by atoms with Crippen LogP contribution in [0.4, 0.5) is 5.69 Å². The van der Waals surface area contributed by atoms with Crippen LogP contribution in [0.3, 0.4) is 0 Å². The predicted octanol–water partition coefficient (Wildman–Crippen LogP) is 3.68. The zero-order valence-corrected chi connectivity index (χ0v) is 18.2. The average molecular weight is 426 g/mol. The van der Waals surface area contributed by atoms with Crippen molar-refractivity contribution in [1.82, 2.24) is 20.0 Å². The number of nitrogens with one attached hydrogen (secondary N) is 1. The van der Waals surface area contributed by atoms with Gasteiger partial charge in [0.1, 0.15) is 0 Å². The van der Waals surface area contributed by atoms with E-state index in [9.17, 15) is 4.79 Å². The van der Waals surface area contributed by atoms with Gasteiger partial charge in [0.25, 0.3) is 5.89 Å². The highest BCUT2D eigenvalue weighted by molar-refractivity contribution is 7.13. The molecule has 0 aliphatic carbocycles. The number of thiophene rings is 1. The molecule has 1 aliphatic rings. The summed E-state index contributed by atoms with van der Waals surface area (Å²) in [6, 6.07) is 12.0. The van der Waals surface area contributed by atoms with E-state index in [4.69, 9.17) is 4.42 Å². The zero-order valence-electron chi connectivity index (χ0n) is 17.4. The number of para-hydroxylation sites is 1. The number of anilines is 1. The van der Waals surface area contributed by atoms with Gasteiger partial charge in [-0.25, -0.2) is 0 Å². The lowest BCUT2D eigenvalue weighted by Gasteiger charge is -2.36. The first-order valence-electron chi connectivity index (χ1n) is 10.4. The molecule has 1 saturated heterocycles. The summed E-state index contributed by atoms with van der Waals surface area (Å²) in [6.45, 7) is 7.98. The van der Waals surface area contributed by atoms with Gasteiger partial charge in [0.05, 0.1) is 17.5 Å². The number of rotatable bonds is 7. The van der Waals surface area contributed by atoms with Crippen LogP contribution >= 0.6 is 11.3 Å². The normalized spacial score (nSPS) is 16.5. The van der Waals surface area contributed by atoms with Crippen molar-refractivity contribution in [2.45, 2.75) is 26.3 Å². The largest absolute Gasteiger partial charge is 0.418 e. The Labute approximate surface area is 180 Å². The second kappa shape index (κ2) is 9.51. The fraction of sp³-hybridized carbons (Fsp3) is 0.409. The molecule has 158 valence electrons. The smallest absolute Gasteiger partial charge is 0.257 e. The molecule has 7 nitrogen and oxygen atoms in total. The number of carbonyl (C=O) groups is 1. The number of benzene rings is 1. The van der Waals surface area contributed by atoms with Crippen LogP contribution in [-0.2, 0) is 11.2 Å². The van der Waals surface area contributed by atoms with Crippen LogP contribution in [0.25, 0.3) is 10.8 Å². The van der Waals surface area contributed by atoms with E-state index in [1.165, 1.54) is 0 Å². The van der Waals surface area contributed by atoms with Crippen LogP contribution in [0.1, 0.15) is 31.3 Å². The number of nitrogens with zero attached hydrogens (tertiary/aromatic N) is 4. The Morgan fingerprint density at radius 3 is 2.70 bits per heavy atom. The molecular formula is C22H27N5O2S. The lowest BCUT2D eigenvalue weighted by atomic mass is 10.1. The Kier molecular flexibility index (Phi) is 6.56. The minimum absolute atomic E-state index is 0.0369. The number of hydrogen-bond donors (Lipinski definition) is 1. The van der Waals surface area contributed by atoms with Crippen molar-refractivity contribution in [3.8, 4) is 10.8 Å². The van der Waals surface area contributed by atoms with Crippen molar-refractivity contribution in [3.05, 3.63) is 53.2 Å². The maximum Gasteiger partial charge on any atom is 0.257 e. The lowest BCUT2D eigenvalue weighted by Crippen LogP contribution is -2.49. The quantitative estimate of drug-likeness (QED) is 0.622. The number of aromatic nitrogens is 2. The van der Waals surface area contributed by atoms with Gasteiger partial charge in [0.15, 0.2) is 0 Å². The van der Waals surface area contributed by atoms with Gasteiger partial charge < -0.3 is 9.73 Å². The van der Waals surface area contributed by atoms with Gasteiger partial charge in [0.2, 0.25) is 11.8 Å². The molecule has 1 N–H and O–H groups in total. The molecule has 3 aromatic rings. The minimum atomic E-state index is 0.0369. The highest BCUT2D eigenvalue weighted by atomic mass is 32.1. The molecule has 8 heteroatoms. The molecule has 1 aromatic carbocycles. The van der Waals surface area contributed by atoms with Gasteiger partial charge in [0, 0.05) is 31.9 Å². The molecule has 1 amide bonds. The Morgan fingerprint density at radius 2 is 1.97 bits per heavy atom. The second-order valence-electron chi connectivity index (χ2n) is 7.47. The third kappa shape index (κ3) is 4.77. The molecule has 30 heavy (non-hydrogen) atoms. The van der Waals surface area contributed by atoms with E-state index in [1.54, 1.807) is 11.3 Å². The van der Waals surface area contributed by atoms with Crippen molar-refractivity contribution in [2.24, 2.45) is 0 Å².